The van der Waals surface area contributed by atoms with Crippen molar-refractivity contribution in [2.45, 2.75) is 12.4 Å². The quantitative estimate of drug-likeness (QED) is 0.670. The van der Waals surface area contributed by atoms with Crippen LogP contribution in [0, 0.1) is 0 Å². The van der Waals surface area contributed by atoms with Crippen LogP contribution in [0.15, 0.2) is 18.3 Å². The Morgan fingerprint density at radius 2 is 1.74 bits per heavy atom. The van der Waals surface area contributed by atoms with Crippen LogP contribution in [0.2, 0.25) is 0 Å². The molecule has 0 spiro atoms. The van der Waals surface area contributed by atoms with Crippen LogP contribution in [0.3, 0.4) is 0 Å². The molecule has 0 aliphatic rings. The van der Waals surface area contributed by atoms with Gasteiger partial charge in [0.15, 0.2) is 5.69 Å². The Morgan fingerprint density at radius 3 is 2.16 bits per heavy atom. The number of nitrogens with zero attached hydrogens (tertiary/aromatic N) is 1. The highest BCUT2D eigenvalue weighted by atomic mass is 19.4. The van der Waals surface area contributed by atoms with Crippen LogP contribution in [0.25, 0.3) is 6.08 Å². The third-order valence-electron chi connectivity index (χ3n) is 1.96. The molecule has 1 aromatic rings. The number of carboxylic acids is 1. The molecule has 104 valence electrons. The molecule has 0 bridgehead atoms. The first-order valence-corrected chi connectivity index (χ1v) is 4.58. The average molecular weight is 285 g/mol. The maximum atomic E-state index is 12.6. The van der Waals surface area contributed by atoms with Crippen LogP contribution in [-0.2, 0) is 17.1 Å². The highest BCUT2D eigenvalue weighted by Gasteiger charge is 2.41. The third kappa shape index (κ3) is 3.70. The number of pyridine rings is 1. The van der Waals surface area contributed by atoms with Crippen molar-refractivity contribution in [3.8, 4) is 0 Å². The van der Waals surface area contributed by atoms with Gasteiger partial charge in [0, 0.05) is 17.8 Å². The van der Waals surface area contributed by atoms with Crippen LogP contribution < -0.4 is 0 Å². The lowest BCUT2D eigenvalue weighted by Crippen LogP contribution is -2.16. The zero-order valence-corrected chi connectivity index (χ0v) is 8.88. The highest BCUT2D eigenvalue weighted by molar-refractivity contribution is 5.86. The number of aliphatic carboxylic acids is 1. The molecular formula is C10H5F6NO2. The molecule has 0 atom stereocenters. The van der Waals surface area contributed by atoms with Crippen LogP contribution in [0.5, 0.6) is 0 Å². The zero-order valence-electron chi connectivity index (χ0n) is 8.88. The first-order chi connectivity index (χ1) is 8.53. The van der Waals surface area contributed by atoms with Gasteiger partial charge in [0.1, 0.15) is 0 Å². The number of alkyl halides is 6. The van der Waals surface area contributed by atoms with Gasteiger partial charge >= 0.3 is 18.3 Å². The smallest absolute Gasteiger partial charge is 0.433 e. The summed E-state index contributed by atoms with van der Waals surface area (Å²) in [7, 11) is 0. The normalized spacial score (nSPS) is 12.9. The van der Waals surface area contributed by atoms with E-state index >= 15 is 0 Å². The van der Waals surface area contributed by atoms with Crippen molar-refractivity contribution in [2.24, 2.45) is 0 Å². The Balaban J connectivity index is 3.55. The first kappa shape index (κ1) is 15.0. The van der Waals surface area contributed by atoms with Crippen LogP contribution in [0.4, 0.5) is 26.3 Å². The molecule has 0 aliphatic heterocycles. The Hall–Kier alpha value is -2.06. The van der Waals surface area contributed by atoms with Gasteiger partial charge in [-0.1, -0.05) is 0 Å². The predicted molar refractivity (Wildman–Crippen MR) is 50.9 cm³/mol. The minimum atomic E-state index is -5.13. The summed E-state index contributed by atoms with van der Waals surface area (Å²) < 4.78 is 75.3. The Morgan fingerprint density at radius 1 is 1.16 bits per heavy atom. The molecule has 0 fully saturated rings. The Labute approximate surface area is 102 Å². The number of halogens is 6. The van der Waals surface area contributed by atoms with Gasteiger partial charge in [0.05, 0.1) is 5.56 Å². The number of carbonyl (C=O) groups is 1. The second-order valence-electron chi connectivity index (χ2n) is 3.29. The molecule has 1 aromatic heterocycles. The van der Waals surface area contributed by atoms with Crippen molar-refractivity contribution in [2.75, 3.05) is 0 Å². The summed E-state index contributed by atoms with van der Waals surface area (Å²) in [6.07, 6.45) is -9.41. The molecule has 0 aliphatic carbocycles. The molecule has 0 radical (unpaired) electrons. The Bertz CT molecular complexity index is 485. The van der Waals surface area contributed by atoms with Gasteiger partial charge in [-0.15, -0.1) is 0 Å². The van der Waals surface area contributed by atoms with Crippen molar-refractivity contribution < 1.29 is 36.2 Å². The van der Waals surface area contributed by atoms with Gasteiger partial charge in [-0.05, 0) is 12.1 Å². The van der Waals surface area contributed by atoms with E-state index in [1.165, 1.54) is 0 Å². The molecule has 19 heavy (non-hydrogen) atoms. The molecule has 1 rings (SSSR count). The van der Waals surface area contributed by atoms with E-state index in [-0.39, 0.29) is 12.2 Å². The summed E-state index contributed by atoms with van der Waals surface area (Å²) in [6, 6.07) is 0.344. The fourth-order valence-electron chi connectivity index (χ4n) is 1.27. The number of hydrogen-bond acceptors (Lipinski definition) is 2. The van der Waals surface area contributed by atoms with Gasteiger partial charge in [-0.3, -0.25) is 4.98 Å². The number of rotatable bonds is 2. The summed E-state index contributed by atoms with van der Waals surface area (Å²) in [5, 5.41) is 8.29. The molecule has 3 nitrogen and oxygen atoms in total. The molecule has 0 aromatic carbocycles. The number of hydrogen-bond donors (Lipinski definition) is 1. The average Bonchev–Trinajstić information content (AvgIpc) is 2.23. The molecule has 0 saturated heterocycles. The van der Waals surface area contributed by atoms with Crippen molar-refractivity contribution in [3.05, 3.63) is 35.2 Å². The number of carboxylic acid groups (broad SMARTS) is 1. The van der Waals surface area contributed by atoms with E-state index in [0.717, 1.165) is 0 Å². The van der Waals surface area contributed by atoms with E-state index in [4.69, 9.17) is 5.11 Å². The molecule has 1 N–H and O–H groups in total. The van der Waals surface area contributed by atoms with E-state index < -0.39 is 35.1 Å². The summed E-state index contributed by atoms with van der Waals surface area (Å²) in [5.74, 6) is -1.68. The minimum absolute atomic E-state index is 0.182. The first-order valence-electron chi connectivity index (χ1n) is 4.58. The SMILES string of the molecule is O=C(O)/C=C/c1c(C(F)(F)F)ccnc1C(F)(F)F. The van der Waals surface area contributed by atoms with Crippen LogP contribution in [0.1, 0.15) is 16.8 Å². The van der Waals surface area contributed by atoms with Gasteiger partial charge in [-0.2, -0.15) is 26.3 Å². The molecule has 0 unspecified atom stereocenters. The lowest BCUT2D eigenvalue weighted by Gasteiger charge is -2.15. The third-order valence-corrected chi connectivity index (χ3v) is 1.96. The second kappa shape index (κ2) is 4.90. The van der Waals surface area contributed by atoms with Crippen LogP contribution in [-0.4, -0.2) is 16.1 Å². The minimum Gasteiger partial charge on any atom is -0.478 e. The molecular weight excluding hydrogens is 280 g/mol. The summed E-state index contributed by atoms with van der Waals surface area (Å²) >= 11 is 0. The van der Waals surface area contributed by atoms with E-state index in [1.807, 2.05) is 0 Å². The van der Waals surface area contributed by atoms with E-state index in [0.29, 0.717) is 12.3 Å². The van der Waals surface area contributed by atoms with Gasteiger partial charge in [0.25, 0.3) is 0 Å². The molecule has 1 heterocycles. The summed E-state index contributed by atoms with van der Waals surface area (Å²) in [4.78, 5) is 13.1. The largest absolute Gasteiger partial charge is 0.478 e. The Kier molecular flexibility index (Phi) is 3.87. The monoisotopic (exact) mass is 285 g/mol. The van der Waals surface area contributed by atoms with Gasteiger partial charge < -0.3 is 5.11 Å². The second-order valence-corrected chi connectivity index (χ2v) is 3.29. The van der Waals surface area contributed by atoms with Crippen molar-refractivity contribution in [3.63, 3.8) is 0 Å². The topological polar surface area (TPSA) is 50.2 Å². The van der Waals surface area contributed by atoms with E-state index in [2.05, 4.69) is 4.98 Å². The molecule has 0 saturated carbocycles. The van der Waals surface area contributed by atoms with Crippen LogP contribution >= 0.6 is 0 Å². The number of aromatic nitrogens is 1. The van der Waals surface area contributed by atoms with Crippen molar-refractivity contribution in [1.82, 2.24) is 4.98 Å². The van der Waals surface area contributed by atoms with Crippen molar-refractivity contribution >= 4 is 12.0 Å². The highest BCUT2D eigenvalue weighted by Crippen LogP contribution is 2.38. The maximum Gasteiger partial charge on any atom is 0.433 e. The summed E-state index contributed by atoms with van der Waals surface area (Å²) in [5.41, 5.74) is -4.72. The lowest BCUT2D eigenvalue weighted by atomic mass is 10.0. The predicted octanol–water partition coefficient (Wildman–Crippen LogP) is 3.22. The van der Waals surface area contributed by atoms with E-state index in [9.17, 15) is 31.1 Å². The van der Waals surface area contributed by atoms with Gasteiger partial charge in [-0.25, -0.2) is 4.79 Å². The summed E-state index contributed by atoms with van der Waals surface area (Å²) in [6.45, 7) is 0. The maximum absolute atomic E-state index is 12.6. The van der Waals surface area contributed by atoms with Crippen molar-refractivity contribution in [1.29, 1.82) is 0 Å². The standard InChI is InChI=1S/C10H5F6NO2/c11-9(12,13)6-3-4-17-8(10(14,15)16)5(6)1-2-7(18)19/h1-4H,(H,18,19)/b2-1+. The fraction of sp³-hybridized carbons (Fsp3) is 0.200. The molecule has 9 heteroatoms. The zero-order chi connectivity index (χ0) is 14.8. The van der Waals surface area contributed by atoms with Gasteiger partial charge in [0.2, 0.25) is 0 Å². The van der Waals surface area contributed by atoms with E-state index in [1.54, 1.807) is 0 Å². The molecule has 0 amide bonds. The lowest BCUT2D eigenvalue weighted by molar-refractivity contribution is -0.146. The fourth-order valence-corrected chi connectivity index (χ4v) is 1.27.